The molecule has 89 valence electrons. The van der Waals surface area contributed by atoms with Gasteiger partial charge < -0.3 is 6.92 Å². The van der Waals surface area contributed by atoms with Crippen LogP contribution in [0, 0.1) is 13.3 Å². The van der Waals surface area contributed by atoms with Gasteiger partial charge in [0.2, 0.25) is 0 Å². The van der Waals surface area contributed by atoms with Crippen molar-refractivity contribution in [3.05, 3.63) is 84.1 Å². The molecule has 0 saturated heterocycles. The topological polar surface area (TPSA) is 0 Å². The minimum absolute atomic E-state index is 0. The van der Waals surface area contributed by atoms with Crippen LogP contribution in [0.15, 0.2) is 48.5 Å². The van der Waals surface area contributed by atoms with Gasteiger partial charge in [-0.2, -0.15) is 24.5 Å². The molecule has 0 bridgehead atoms. The molecular formula is C17H16Y-2. The first-order valence-electron chi connectivity index (χ1n) is 6.18. The van der Waals surface area contributed by atoms with Crippen LogP contribution < -0.4 is 0 Å². The fourth-order valence-corrected chi connectivity index (χ4v) is 2.67. The molecule has 0 heterocycles. The summed E-state index contributed by atoms with van der Waals surface area (Å²) in [5, 5.41) is 0. The van der Waals surface area contributed by atoms with Crippen molar-refractivity contribution in [2.24, 2.45) is 0 Å². The fourth-order valence-electron chi connectivity index (χ4n) is 2.67. The zero-order valence-corrected chi connectivity index (χ0v) is 13.3. The van der Waals surface area contributed by atoms with Crippen LogP contribution in [0.2, 0.25) is 0 Å². The Morgan fingerprint density at radius 3 is 2.44 bits per heavy atom. The monoisotopic (exact) mass is 309 g/mol. The molecule has 1 heteroatoms. The summed E-state index contributed by atoms with van der Waals surface area (Å²) in [4.78, 5) is 0. The van der Waals surface area contributed by atoms with Gasteiger partial charge in [-0.25, -0.2) is 0 Å². The van der Waals surface area contributed by atoms with Crippen molar-refractivity contribution in [1.29, 1.82) is 0 Å². The van der Waals surface area contributed by atoms with Gasteiger partial charge in [-0.3, -0.25) is 0 Å². The number of benzene rings is 2. The Balaban J connectivity index is 0.00000120. The van der Waals surface area contributed by atoms with Crippen molar-refractivity contribution < 1.29 is 32.7 Å². The fraction of sp³-hybridized carbons (Fsp3) is 0.176. The van der Waals surface area contributed by atoms with E-state index in [0.717, 1.165) is 12.8 Å². The quantitative estimate of drug-likeness (QED) is 0.694. The Morgan fingerprint density at radius 1 is 1.00 bits per heavy atom. The molecular weight excluding hydrogens is 293 g/mol. The molecule has 2 aromatic carbocycles. The van der Waals surface area contributed by atoms with Gasteiger partial charge >= 0.3 is 0 Å². The summed E-state index contributed by atoms with van der Waals surface area (Å²) in [5.74, 6) is 0.454. The second-order valence-corrected chi connectivity index (χ2v) is 4.64. The summed E-state index contributed by atoms with van der Waals surface area (Å²) >= 11 is 0. The van der Waals surface area contributed by atoms with E-state index in [4.69, 9.17) is 0 Å². The summed E-state index contributed by atoms with van der Waals surface area (Å²) in [7, 11) is 0. The summed E-state index contributed by atoms with van der Waals surface area (Å²) in [6.07, 6.45) is 4.33. The van der Waals surface area contributed by atoms with Crippen LogP contribution >= 0.6 is 0 Å². The van der Waals surface area contributed by atoms with Crippen LogP contribution in [-0.2, 0) is 39.1 Å². The largest absolute Gasteiger partial charge is 0.343 e. The van der Waals surface area contributed by atoms with E-state index in [1.54, 1.807) is 0 Å². The van der Waals surface area contributed by atoms with Crippen molar-refractivity contribution >= 4 is 0 Å². The molecule has 1 unspecified atom stereocenters. The number of fused-ring (bicyclic) bond motifs is 2. The minimum Gasteiger partial charge on any atom is -0.343 e. The van der Waals surface area contributed by atoms with Gasteiger partial charge in [0, 0.05) is 32.7 Å². The third-order valence-corrected chi connectivity index (χ3v) is 3.58. The van der Waals surface area contributed by atoms with E-state index in [2.05, 4.69) is 61.9 Å². The molecule has 1 aliphatic rings. The number of rotatable bonds is 1. The molecule has 3 rings (SSSR count). The molecule has 0 aromatic heterocycles. The predicted octanol–water partition coefficient (Wildman–Crippen LogP) is 4.15. The Bertz CT molecular complexity index is 531. The van der Waals surface area contributed by atoms with Crippen LogP contribution in [0.1, 0.15) is 34.6 Å². The minimum atomic E-state index is 0. The van der Waals surface area contributed by atoms with Crippen molar-refractivity contribution in [2.75, 3.05) is 0 Å². The Hall–Kier alpha value is -0.586. The second kappa shape index (κ2) is 6.04. The van der Waals surface area contributed by atoms with Crippen LogP contribution in [0.5, 0.6) is 0 Å². The smallest absolute Gasteiger partial charge is 0 e. The molecule has 0 aliphatic heterocycles. The molecule has 1 aliphatic carbocycles. The molecule has 0 amide bonds. The Morgan fingerprint density at radius 2 is 1.67 bits per heavy atom. The van der Waals surface area contributed by atoms with E-state index in [1.165, 1.54) is 22.3 Å². The third-order valence-electron chi connectivity index (χ3n) is 3.58. The SMILES string of the molecule is [CH2-]CC1[CH-]c2ccccc2Cc2ccccc21.[Y]. The van der Waals surface area contributed by atoms with E-state index in [-0.39, 0.29) is 32.7 Å². The van der Waals surface area contributed by atoms with Gasteiger partial charge in [0.15, 0.2) is 0 Å². The summed E-state index contributed by atoms with van der Waals surface area (Å²) < 4.78 is 0. The second-order valence-electron chi connectivity index (χ2n) is 4.64. The summed E-state index contributed by atoms with van der Waals surface area (Å²) in [6.45, 7) is 4.09. The first kappa shape index (κ1) is 13.8. The molecule has 0 nitrogen and oxygen atoms in total. The molecule has 18 heavy (non-hydrogen) atoms. The van der Waals surface area contributed by atoms with Crippen molar-refractivity contribution in [3.8, 4) is 0 Å². The van der Waals surface area contributed by atoms with Gasteiger partial charge in [0.1, 0.15) is 0 Å². The Labute approximate surface area is 135 Å². The van der Waals surface area contributed by atoms with E-state index >= 15 is 0 Å². The van der Waals surface area contributed by atoms with E-state index < -0.39 is 0 Å². The predicted molar refractivity (Wildman–Crippen MR) is 71.8 cm³/mol. The first-order valence-corrected chi connectivity index (χ1v) is 6.18. The van der Waals surface area contributed by atoms with Gasteiger partial charge in [0.25, 0.3) is 0 Å². The van der Waals surface area contributed by atoms with Crippen LogP contribution in [0.4, 0.5) is 0 Å². The van der Waals surface area contributed by atoms with Crippen molar-refractivity contribution in [3.63, 3.8) is 0 Å². The van der Waals surface area contributed by atoms with Gasteiger partial charge in [-0.05, 0) is 6.42 Å². The summed E-state index contributed by atoms with van der Waals surface area (Å²) in [6, 6.07) is 17.4. The van der Waals surface area contributed by atoms with E-state index in [1.807, 2.05) is 0 Å². The first-order chi connectivity index (χ1) is 8.38. The van der Waals surface area contributed by atoms with E-state index in [9.17, 15) is 0 Å². The normalized spacial score (nSPS) is 16.6. The standard InChI is InChI=1S/C17H16.Y/c1-2-13-11-14-7-3-4-8-15(14)12-16-9-5-6-10-17(13)16;/h3-11,13H,1-2,12H2;/q-2;. The zero-order chi connectivity index (χ0) is 11.7. The molecule has 1 radical (unpaired) electrons. The average molecular weight is 309 g/mol. The maximum absolute atomic E-state index is 4.09. The number of hydrogen-bond donors (Lipinski definition) is 0. The third kappa shape index (κ3) is 2.55. The van der Waals surface area contributed by atoms with Crippen LogP contribution in [-0.4, -0.2) is 0 Å². The van der Waals surface area contributed by atoms with Crippen LogP contribution in [0.25, 0.3) is 0 Å². The molecule has 1 atom stereocenters. The van der Waals surface area contributed by atoms with E-state index in [0.29, 0.717) is 5.92 Å². The molecule has 0 spiro atoms. The van der Waals surface area contributed by atoms with Gasteiger partial charge in [-0.15, -0.1) is 17.7 Å². The molecule has 0 fully saturated rings. The zero-order valence-electron chi connectivity index (χ0n) is 10.5. The maximum Gasteiger partial charge on any atom is 0 e. The Kier molecular flexibility index (Phi) is 4.64. The van der Waals surface area contributed by atoms with Gasteiger partial charge in [-0.1, -0.05) is 47.4 Å². The maximum atomic E-state index is 4.09. The van der Waals surface area contributed by atoms with Crippen molar-refractivity contribution in [1.82, 2.24) is 0 Å². The molecule has 2 aromatic rings. The summed E-state index contributed by atoms with van der Waals surface area (Å²) in [5.41, 5.74) is 5.69. The molecule has 0 saturated carbocycles. The van der Waals surface area contributed by atoms with Gasteiger partial charge in [0.05, 0.1) is 0 Å². The van der Waals surface area contributed by atoms with Crippen LogP contribution in [0.3, 0.4) is 0 Å². The number of hydrogen-bond acceptors (Lipinski definition) is 0. The van der Waals surface area contributed by atoms with Crippen molar-refractivity contribution in [2.45, 2.75) is 18.8 Å². The molecule has 0 N–H and O–H groups in total. The average Bonchev–Trinajstić information content (AvgIpc) is 2.54.